The molecule has 6 nitrogen and oxygen atoms in total. The van der Waals surface area contributed by atoms with Crippen LogP contribution in [0.1, 0.15) is 27.2 Å². The number of carbonyl (C=O) groups is 1. The summed E-state index contributed by atoms with van der Waals surface area (Å²) in [4.78, 5) is 15.9. The topological polar surface area (TPSA) is 74.2 Å². The van der Waals surface area contributed by atoms with E-state index >= 15 is 0 Å². The summed E-state index contributed by atoms with van der Waals surface area (Å²) < 4.78 is 22.4. The molecule has 0 N–H and O–H groups in total. The fourth-order valence-electron chi connectivity index (χ4n) is 1.27. The predicted molar refractivity (Wildman–Crippen MR) is 58.5 cm³/mol. The van der Waals surface area contributed by atoms with Crippen LogP contribution in [0.2, 0.25) is 0 Å². The van der Waals surface area contributed by atoms with Crippen molar-refractivity contribution in [1.82, 2.24) is 0 Å². The maximum absolute atomic E-state index is 12.2. The number of ketones is 1. The van der Waals surface area contributed by atoms with E-state index in [1.165, 1.54) is 6.92 Å². The molecule has 1 atom stereocenters. The van der Waals surface area contributed by atoms with Crippen molar-refractivity contribution in [2.75, 3.05) is 13.2 Å². The maximum Gasteiger partial charge on any atom is 0.378 e. The third-order valence-corrected chi connectivity index (χ3v) is 4.11. The minimum absolute atomic E-state index is 0.154. The van der Waals surface area contributed by atoms with Gasteiger partial charge < -0.3 is 13.9 Å². The van der Waals surface area contributed by atoms with Crippen LogP contribution in [-0.2, 0) is 23.2 Å². The first kappa shape index (κ1) is 13.4. The zero-order valence-electron chi connectivity index (χ0n) is 9.63. The Kier molecular flexibility index (Phi) is 4.65. The van der Waals surface area contributed by atoms with Crippen LogP contribution < -0.4 is 0 Å². The van der Waals surface area contributed by atoms with Gasteiger partial charge in [0.1, 0.15) is 0 Å². The SMILES string of the molecule is CCOP(=O)(OCC)C1=NOC(C(C)=O)C1. The van der Waals surface area contributed by atoms with E-state index in [9.17, 15) is 9.36 Å². The number of hydrogen-bond acceptors (Lipinski definition) is 6. The minimum Gasteiger partial charge on any atom is -0.384 e. The number of nitrogens with zero attached hydrogens (tertiary/aromatic N) is 1. The van der Waals surface area contributed by atoms with Crippen molar-refractivity contribution in [3.8, 4) is 0 Å². The molecule has 0 fully saturated rings. The molecule has 7 heteroatoms. The summed E-state index contributed by atoms with van der Waals surface area (Å²) in [5, 5.41) is 3.63. The number of oxime groups is 1. The van der Waals surface area contributed by atoms with E-state index in [1.807, 2.05) is 0 Å². The molecule has 1 heterocycles. The molecule has 0 aromatic heterocycles. The Hall–Kier alpha value is -0.710. The third kappa shape index (κ3) is 2.90. The lowest BCUT2D eigenvalue weighted by molar-refractivity contribution is -0.126. The highest BCUT2D eigenvalue weighted by Crippen LogP contribution is 2.52. The van der Waals surface area contributed by atoms with Gasteiger partial charge in [0.25, 0.3) is 0 Å². The molecule has 1 aliphatic rings. The van der Waals surface area contributed by atoms with Crippen molar-refractivity contribution in [2.24, 2.45) is 5.16 Å². The average Bonchev–Trinajstić information content (AvgIpc) is 2.67. The Morgan fingerprint density at radius 3 is 2.44 bits per heavy atom. The molecule has 16 heavy (non-hydrogen) atoms. The van der Waals surface area contributed by atoms with Gasteiger partial charge in [-0.15, -0.1) is 0 Å². The number of Topliss-reactive ketones (excluding diaryl/α,β-unsaturated/α-hetero) is 1. The Bertz CT molecular complexity index is 331. The molecule has 0 amide bonds. The fraction of sp³-hybridized carbons (Fsp3) is 0.778. The van der Waals surface area contributed by atoms with Gasteiger partial charge in [-0.1, -0.05) is 5.16 Å². The number of carbonyl (C=O) groups excluding carboxylic acids is 1. The van der Waals surface area contributed by atoms with Crippen molar-refractivity contribution in [3.05, 3.63) is 0 Å². The number of hydrogen-bond donors (Lipinski definition) is 0. The van der Waals surface area contributed by atoms with Gasteiger partial charge >= 0.3 is 7.60 Å². The van der Waals surface area contributed by atoms with E-state index in [2.05, 4.69) is 5.16 Å². The fourth-order valence-corrected chi connectivity index (χ4v) is 2.86. The maximum atomic E-state index is 12.2. The third-order valence-electron chi connectivity index (χ3n) is 2.02. The standard InChI is InChI=1S/C9H16NO5P/c1-4-13-16(12,14-5-2)9-6-8(7(3)11)15-10-9/h8H,4-6H2,1-3H3. The molecule has 1 aliphatic heterocycles. The van der Waals surface area contributed by atoms with Crippen molar-refractivity contribution >= 4 is 18.8 Å². The average molecular weight is 249 g/mol. The van der Waals surface area contributed by atoms with Crippen LogP contribution >= 0.6 is 7.60 Å². The molecule has 0 aliphatic carbocycles. The summed E-state index contributed by atoms with van der Waals surface area (Å²) in [6.07, 6.45) is -0.490. The van der Waals surface area contributed by atoms with E-state index in [0.717, 1.165) is 0 Å². The Balaban J connectivity index is 2.75. The van der Waals surface area contributed by atoms with E-state index in [4.69, 9.17) is 13.9 Å². The summed E-state index contributed by atoms with van der Waals surface area (Å²) in [6.45, 7) is 5.33. The smallest absolute Gasteiger partial charge is 0.378 e. The van der Waals surface area contributed by atoms with Gasteiger partial charge in [0.05, 0.1) is 13.2 Å². The second-order valence-electron chi connectivity index (χ2n) is 3.25. The monoisotopic (exact) mass is 249 g/mol. The lowest BCUT2D eigenvalue weighted by Crippen LogP contribution is -2.18. The van der Waals surface area contributed by atoms with Gasteiger partial charge in [-0.3, -0.25) is 9.36 Å². The minimum atomic E-state index is -3.37. The zero-order valence-corrected chi connectivity index (χ0v) is 10.5. The Morgan fingerprint density at radius 2 is 2.06 bits per heavy atom. The molecule has 0 bridgehead atoms. The van der Waals surface area contributed by atoms with Gasteiger partial charge in [-0.25, -0.2) is 0 Å². The summed E-state index contributed by atoms with van der Waals surface area (Å²) in [7, 11) is -3.37. The van der Waals surface area contributed by atoms with E-state index in [-0.39, 0.29) is 30.9 Å². The van der Waals surface area contributed by atoms with Crippen LogP contribution in [0.4, 0.5) is 0 Å². The van der Waals surface area contributed by atoms with Crippen LogP contribution in [-0.4, -0.2) is 30.6 Å². The van der Waals surface area contributed by atoms with Gasteiger partial charge in [0.2, 0.25) is 0 Å². The quantitative estimate of drug-likeness (QED) is 0.672. The lowest BCUT2D eigenvalue weighted by atomic mass is 10.2. The van der Waals surface area contributed by atoms with Crippen LogP contribution in [0.25, 0.3) is 0 Å². The molecule has 1 rings (SSSR count). The Labute approximate surface area is 94.5 Å². The Morgan fingerprint density at radius 1 is 1.50 bits per heavy atom. The highest BCUT2D eigenvalue weighted by molar-refractivity contribution is 7.72. The molecule has 0 aromatic rings. The predicted octanol–water partition coefficient (Wildman–Crippen LogP) is 1.94. The van der Waals surface area contributed by atoms with Crippen molar-refractivity contribution < 1.29 is 23.2 Å². The van der Waals surface area contributed by atoms with Gasteiger partial charge in [-0.2, -0.15) is 0 Å². The largest absolute Gasteiger partial charge is 0.384 e. The summed E-state index contributed by atoms with van der Waals surface area (Å²) in [5.74, 6) is -0.154. The molecular weight excluding hydrogens is 233 g/mol. The molecular formula is C9H16NO5P. The highest BCUT2D eigenvalue weighted by atomic mass is 31.2. The molecule has 92 valence electrons. The summed E-state index contributed by atoms with van der Waals surface area (Å²) in [6, 6.07) is 0. The van der Waals surface area contributed by atoms with E-state index < -0.39 is 13.7 Å². The molecule has 0 spiro atoms. The van der Waals surface area contributed by atoms with E-state index in [1.54, 1.807) is 13.8 Å². The molecule has 0 saturated heterocycles. The van der Waals surface area contributed by atoms with Crippen molar-refractivity contribution in [1.29, 1.82) is 0 Å². The van der Waals surface area contributed by atoms with Crippen molar-refractivity contribution in [2.45, 2.75) is 33.3 Å². The number of rotatable bonds is 6. The first-order valence-electron chi connectivity index (χ1n) is 5.16. The van der Waals surface area contributed by atoms with Crippen molar-refractivity contribution in [3.63, 3.8) is 0 Å². The lowest BCUT2D eigenvalue weighted by Gasteiger charge is -2.15. The summed E-state index contributed by atoms with van der Waals surface area (Å²) >= 11 is 0. The first-order chi connectivity index (χ1) is 7.53. The van der Waals surface area contributed by atoms with Gasteiger partial charge in [0, 0.05) is 6.42 Å². The second kappa shape index (κ2) is 5.57. The summed E-state index contributed by atoms with van der Waals surface area (Å²) in [5.41, 5.74) is 0.191. The highest BCUT2D eigenvalue weighted by Gasteiger charge is 2.39. The van der Waals surface area contributed by atoms with Gasteiger partial charge in [0.15, 0.2) is 17.3 Å². The molecule has 0 aromatic carbocycles. The molecule has 1 unspecified atom stereocenters. The van der Waals surface area contributed by atoms with Crippen LogP contribution in [0, 0.1) is 0 Å². The normalized spacial score (nSPS) is 20.4. The second-order valence-corrected chi connectivity index (χ2v) is 5.28. The molecule has 0 radical (unpaired) electrons. The van der Waals surface area contributed by atoms with Gasteiger partial charge in [-0.05, 0) is 20.8 Å². The zero-order chi connectivity index (χ0) is 12.2. The molecule has 0 saturated carbocycles. The first-order valence-corrected chi connectivity index (χ1v) is 6.70. The van der Waals surface area contributed by atoms with Crippen LogP contribution in [0.15, 0.2) is 5.16 Å². The van der Waals surface area contributed by atoms with Crippen LogP contribution in [0.5, 0.6) is 0 Å². The van der Waals surface area contributed by atoms with E-state index in [0.29, 0.717) is 0 Å². The van der Waals surface area contributed by atoms with Crippen LogP contribution in [0.3, 0.4) is 0 Å².